The molecule has 1 heterocycles. The van der Waals surface area contributed by atoms with E-state index >= 15 is 0 Å². The predicted octanol–water partition coefficient (Wildman–Crippen LogP) is 0.590. The van der Waals surface area contributed by atoms with Crippen molar-refractivity contribution in [1.82, 2.24) is 9.78 Å². The summed E-state index contributed by atoms with van der Waals surface area (Å²) in [4.78, 5) is 10.6. The number of aromatic nitrogens is 2. The van der Waals surface area contributed by atoms with Crippen LogP contribution in [0.4, 0.5) is 5.69 Å². The van der Waals surface area contributed by atoms with Gasteiger partial charge in [-0.05, 0) is 6.42 Å². The molecule has 0 unspecified atom stereocenters. The van der Waals surface area contributed by atoms with Gasteiger partial charge in [0.1, 0.15) is 0 Å². The minimum absolute atomic E-state index is 0.106. The second kappa shape index (κ2) is 5.35. The van der Waals surface area contributed by atoms with E-state index in [4.69, 9.17) is 15.6 Å². The summed E-state index contributed by atoms with van der Waals surface area (Å²) in [7, 11) is 0. The Kier molecular flexibility index (Phi) is 4.11. The fourth-order valence-electron chi connectivity index (χ4n) is 1.12. The van der Waals surface area contributed by atoms with E-state index in [1.807, 2.05) is 6.92 Å². The van der Waals surface area contributed by atoms with Crippen molar-refractivity contribution in [2.45, 2.75) is 19.9 Å². The normalized spacial score (nSPS) is 10.5. The first kappa shape index (κ1) is 11.5. The van der Waals surface area contributed by atoms with Crippen LogP contribution in [0, 0.1) is 0 Å². The van der Waals surface area contributed by atoms with E-state index in [-0.39, 0.29) is 11.4 Å². The lowest BCUT2D eigenvalue weighted by Gasteiger charge is -2.01. The topological polar surface area (TPSA) is 90.4 Å². The average Bonchev–Trinajstić information content (AvgIpc) is 2.55. The summed E-state index contributed by atoms with van der Waals surface area (Å²) in [5, 5.41) is 12.5. The number of aromatic carboxylic acids is 1. The molecule has 0 bridgehead atoms. The second-order valence-corrected chi connectivity index (χ2v) is 3.11. The lowest BCUT2D eigenvalue weighted by atomic mass is 10.4. The van der Waals surface area contributed by atoms with Gasteiger partial charge in [0.05, 0.1) is 18.8 Å². The summed E-state index contributed by atoms with van der Waals surface area (Å²) in [5.74, 6) is -1.11. The predicted molar refractivity (Wildman–Crippen MR) is 54.7 cm³/mol. The Hall–Kier alpha value is -1.56. The maximum atomic E-state index is 10.6. The van der Waals surface area contributed by atoms with E-state index < -0.39 is 5.97 Å². The summed E-state index contributed by atoms with van der Waals surface area (Å²) in [5.41, 5.74) is 5.54. The molecule has 0 fully saturated rings. The van der Waals surface area contributed by atoms with E-state index in [2.05, 4.69) is 5.10 Å². The Labute approximate surface area is 87.6 Å². The number of nitrogen functional groups attached to an aromatic ring is 1. The third-order valence-corrected chi connectivity index (χ3v) is 1.81. The van der Waals surface area contributed by atoms with E-state index in [1.54, 1.807) is 0 Å². The molecule has 0 atom stereocenters. The Morgan fingerprint density at radius 2 is 2.40 bits per heavy atom. The van der Waals surface area contributed by atoms with Crippen LogP contribution in [0.2, 0.25) is 0 Å². The van der Waals surface area contributed by atoms with Gasteiger partial charge in [0.25, 0.3) is 0 Å². The minimum atomic E-state index is -1.11. The van der Waals surface area contributed by atoms with Gasteiger partial charge >= 0.3 is 5.97 Å². The van der Waals surface area contributed by atoms with Gasteiger partial charge in [-0.1, -0.05) is 6.92 Å². The Morgan fingerprint density at radius 3 is 2.93 bits per heavy atom. The highest BCUT2D eigenvalue weighted by molar-refractivity contribution is 5.91. The number of hydrogen-bond donors (Lipinski definition) is 2. The maximum absolute atomic E-state index is 10.6. The van der Waals surface area contributed by atoms with Gasteiger partial charge in [-0.25, -0.2) is 4.79 Å². The first-order chi connectivity index (χ1) is 7.15. The van der Waals surface area contributed by atoms with E-state index in [9.17, 15) is 4.79 Å². The molecular weight excluding hydrogens is 198 g/mol. The summed E-state index contributed by atoms with van der Waals surface area (Å²) in [6, 6.07) is 0. The fourth-order valence-corrected chi connectivity index (χ4v) is 1.12. The molecule has 0 aliphatic rings. The number of carbonyl (C=O) groups is 1. The molecule has 3 N–H and O–H groups in total. The van der Waals surface area contributed by atoms with Crippen LogP contribution >= 0.6 is 0 Å². The Bertz CT molecular complexity index is 335. The molecule has 0 radical (unpaired) electrons. The number of nitrogens with zero attached hydrogens (tertiary/aromatic N) is 2. The monoisotopic (exact) mass is 213 g/mol. The maximum Gasteiger partial charge on any atom is 0.358 e. The first-order valence-electron chi connectivity index (χ1n) is 4.79. The molecule has 84 valence electrons. The summed E-state index contributed by atoms with van der Waals surface area (Å²) >= 11 is 0. The van der Waals surface area contributed by atoms with Crippen molar-refractivity contribution in [3.63, 3.8) is 0 Å². The molecule has 1 aromatic heterocycles. The van der Waals surface area contributed by atoms with Crippen molar-refractivity contribution in [3.8, 4) is 0 Å². The fraction of sp³-hybridized carbons (Fsp3) is 0.556. The highest BCUT2D eigenvalue weighted by Crippen LogP contribution is 2.08. The van der Waals surface area contributed by atoms with Gasteiger partial charge in [-0.3, -0.25) is 4.68 Å². The summed E-state index contributed by atoms with van der Waals surface area (Å²) < 4.78 is 6.73. The van der Waals surface area contributed by atoms with Crippen LogP contribution < -0.4 is 5.73 Å². The molecule has 6 nitrogen and oxygen atoms in total. The molecule has 1 aromatic rings. The first-order valence-corrected chi connectivity index (χ1v) is 4.79. The summed E-state index contributed by atoms with van der Waals surface area (Å²) in [6.45, 7) is 3.74. The lowest BCUT2D eigenvalue weighted by molar-refractivity contribution is 0.0689. The average molecular weight is 213 g/mol. The number of carboxylic acids is 1. The van der Waals surface area contributed by atoms with Gasteiger partial charge in [-0.2, -0.15) is 5.10 Å². The zero-order valence-electron chi connectivity index (χ0n) is 8.64. The zero-order chi connectivity index (χ0) is 11.3. The molecule has 0 spiro atoms. The van der Waals surface area contributed by atoms with Gasteiger partial charge in [0.15, 0.2) is 5.69 Å². The third kappa shape index (κ3) is 3.25. The SMILES string of the molecule is CCCOCCn1cc(N)c(C(=O)O)n1. The second-order valence-electron chi connectivity index (χ2n) is 3.11. The van der Waals surface area contributed by atoms with Crippen molar-refractivity contribution in [3.05, 3.63) is 11.9 Å². The van der Waals surface area contributed by atoms with E-state index in [1.165, 1.54) is 10.9 Å². The van der Waals surface area contributed by atoms with Crippen LogP contribution in [0.15, 0.2) is 6.20 Å². The lowest BCUT2D eigenvalue weighted by Crippen LogP contribution is -2.08. The van der Waals surface area contributed by atoms with Gasteiger partial charge in [-0.15, -0.1) is 0 Å². The number of nitrogens with two attached hydrogens (primary N) is 1. The smallest absolute Gasteiger partial charge is 0.358 e. The standard InChI is InChI=1S/C9H15N3O3/c1-2-4-15-5-3-12-6-7(10)8(11-12)9(13)14/h6H,2-5,10H2,1H3,(H,13,14). The molecule has 15 heavy (non-hydrogen) atoms. The number of hydrogen-bond acceptors (Lipinski definition) is 4. The minimum Gasteiger partial charge on any atom is -0.476 e. The molecule has 1 rings (SSSR count). The van der Waals surface area contributed by atoms with Crippen molar-refractivity contribution in [2.24, 2.45) is 0 Å². The molecule has 0 aliphatic heterocycles. The van der Waals surface area contributed by atoms with Crippen molar-refractivity contribution in [2.75, 3.05) is 18.9 Å². The molecule has 0 aliphatic carbocycles. The zero-order valence-corrected chi connectivity index (χ0v) is 8.64. The van der Waals surface area contributed by atoms with Gasteiger partial charge in [0.2, 0.25) is 0 Å². The van der Waals surface area contributed by atoms with Crippen molar-refractivity contribution < 1.29 is 14.6 Å². The Morgan fingerprint density at radius 1 is 1.67 bits per heavy atom. The molecule has 0 amide bonds. The quantitative estimate of drug-likeness (QED) is 0.675. The van der Waals surface area contributed by atoms with Gasteiger partial charge < -0.3 is 15.6 Å². The van der Waals surface area contributed by atoms with Crippen LogP contribution in [0.25, 0.3) is 0 Å². The molecule has 0 aromatic carbocycles. The van der Waals surface area contributed by atoms with Crippen LogP contribution in [-0.2, 0) is 11.3 Å². The number of anilines is 1. The van der Waals surface area contributed by atoms with Crippen molar-refractivity contribution in [1.29, 1.82) is 0 Å². The van der Waals surface area contributed by atoms with Crippen LogP contribution in [0.3, 0.4) is 0 Å². The largest absolute Gasteiger partial charge is 0.476 e. The highest BCUT2D eigenvalue weighted by Gasteiger charge is 2.12. The number of rotatable bonds is 6. The highest BCUT2D eigenvalue weighted by atomic mass is 16.5. The number of carboxylic acid groups (broad SMARTS) is 1. The van der Waals surface area contributed by atoms with Gasteiger partial charge in [0, 0.05) is 12.8 Å². The van der Waals surface area contributed by atoms with Crippen LogP contribution in [0.1, 0.15) is 23.8 Å². The molecular formula is C9H15N3O3. The third-order valence-electron chi connectivity index (χ3n) is 1.81. The van der Waals surface area contributed by atoms with E-state index in [0.29, 0.717) is 19.8 Å². The number of ether oxygens (including phenoxy) is 1. The molecule has 6 heteroatoms. The van der Waals surface area contributed by atoms with Crippen LogP contribution in [0.5, 0.6) is 0 Å². The summed E-state index contributed by atoms with van der Waals surface area (Å²) in [6.07, 6.45) is 2.46. The van der Waals surface area contributed by atoms with E-state index in [0.717, 1.165) is 6.42 Å². The molecule has 0 saturated heterocycles. The van der Waals surface area contributed by atoms with Crippen LogP contribution in [-0.4, -0.2) is 34.1 Å². The molecule has 0 saturated carbocycles. The Balaban J connectivity index is 2.48. The van der Waals surface area contributed by atoms with Crippen molar-refractivity contribution >= 4 is 11.7 Å².